The van der Waals surface area contributed by atoms with E-state index in [-0.39, 0.29) is 24.4 Å². The normalized spacial score (nSPS) is 18.2. The van der Waals surface area contributed by atoms with Crippen molar-refractivity contribution in [3.63, 3.8) is 0 Å². The van der Waals surface area contributed by atoms with E-state index in [1.165, 1.54) is 0 Å². The van der Waals surface area contributed by atoms with Crippen LogP contribution >= 0.6 is 35.8 Å². The average molecular weight is 321 g/mol. The molecule has 1 aromatic carbocycles. The number of benzene rings is 1. The van der Waals surface area contributed by atoms with Crippen molar-refractivity contribution in [2.45, 2.75) is 23.8 Å². The van der Waals surface area contributed by atoms with E-state index in [0.717, 1.165) is 28.6 Å². The van der Waals surface area contributed by atoms with Gasteiger partial charge in [0.25, 0.3) is 0 Å². The molecule has 6 heteroatoms. The van der Waals surface area contributed by atoms with Crippen LogP contribution in [-0.2, 0) is 4.79 Å². The van der Waals surface area contributed by atoms with Crippen molar-refractivity contribution in [3.8, 4) is 0 Å². The molecule has 1 aromatic rings. The highest BCUT2D eigenvalue weighted by Gasteiger charge is 2.22. The van der Waals surface area contributed by atoms with Gasteiger partial charge in [0.1, 0.15) is 0 Å². The van der Waals surface area contributed by atoms with Crippen LogP contribution in [0.5, 0.6) is 0 Å². The number of nitrogens with two attached hydrogens (primary N) is 1. The Balaban J connectivity index is 0.00000180. The molecule has 19 heavy (non-hydrogen) atoms. The Labute approximate surface area is 129 Å². The third kappa shape index (κ3) is 5.22. The van der Waals surface area contributed by atoms with Gasteiger partial charge in [-0.1, -0.05) is 11.6 Å². The van der Waals surface area contributed by atoms with Crippen molar-refractivity contribution < 1.29 is 4.79 Å². The standard InChI is InChI=1S/C13H17ClN2OS.ClH/c14-10-1-3-12(4-2-10)18-8-6-13(17)16-7-5-11(15)9-16;/h1-4,11H,5-9,15H2;1H/t11-;/m1./s1. The molecule has 0 unspecified atom stereocenters. The average Bonchev–Trinajstić information content (AvgIpc) is 2.78. The van der Waals surface area contributed by atoms with Crippen molar-refractivity contribution in [1.29, 1.82) is 0 Å². The van der Waals surface area contributed by atoms with Gasteiger partial charge in [-0.15, -0.1) is 24.2 Å². The second-order valence-corrected chi connectivity index (χ2v) is 6.05. The molecule has 3 nitrogen and oxygen atoms in total. The SMILES string of the molecule is Cl.N[C@@H]1CCN(C(=O)CCSc2ccc(Cl)cc2)C1. The molecule has 0 aromatic heterocycles. The fourth-order valence-electron chi connectivity index (χ4n) is 1.96. The lowest BCUT2D eigenvalue weighted by Crippen LogP contribution is -2.31. The van der Waals surface area contributed by atoms with Crippen LogP contribution in [0.15, 0.2) is 29.2 Å². The molecular formula is C13H18Cl2N2OS. The van der Waals surface area contributed by atoms with E-state index in [4.69, 9.17) is 17.3 Å². The number of rotatable bonds is 4. The molecule has 0 spiro atoms. The highest BCUT2D eigenvalue weighted by atomic mass is 35.5. The molecular weight excluding hydrogens is 303 g/mol. The van der Waals surface area contributed by atoms with E-state index >= 15 is 0 Å². The van der Waals surface area contributed by atoms with Crippen molar-refractivity contribution in [1.82, 2.24) is 4.90 Å². The Morgan fingerprint density at radius 3 is 2.68 bits per heavy atom. The van der Waals surface area contributed by atoms with Gasteiger partial charge < -0.3 is 10.6 Å². The fraction of sp³-hybridized carbons (Fsp3) is 0.462. The minimum atomic E-state index is 0. The zero-order valence-electron chi connectivity index (χ0n) is 10.5. The number of thioether (sulfide) groups is 1. The van der Waals surface area contributed by atoms with Gasteiger partial charge in [0, 0.05) is 41.2 Å². The number of likely N-dealkylation sites (tertiary alicyclic amines) is 1. The molecule has 2 N–H and O–H groups in total. The summed E-state index contributed by atoms with van der Waals surface area (Å²) in [4.78, 5) is 14.9. The minimum Gasteiger partial charge on any atom is -0.341 e. The number of carbonyl (C=O) groups excluding carboxylic acids is 1. The largest absolute Gasteiger partial charge is 0.341 e. The van der Waals surface area contributed by atoms with Crippen molar-refractivity contribution in [2.75, 3.05) is 18.8 Å². The summed E-state index contributed by atoms with van der Waals surface area (Å²) in [6.07, 6.45) is 1.50. The van der Waals surface area contributed by atoms with Gasteiger partial charge in [0.15, 0.2) is 0 Å². The second-order valence-electron chi connectivity index (χ2n) is 4.44. The third-order valence-corrected chi connectivity index (χ3v) is 4.24. The highest BCUT2D eigenvalue weighted by Crippen LogP contribution is 2.21. The van der Waals surface area contributed by atoms with Crippen LogP contribution in [0.2, 0.25) is 5.02 Å². The van der Waals surface area contributed by atoms with Crippen LogP contribution in [-0.4, -0.2) is 35.7 Å². The molecule has 0 aliphatic carbocycles. The number of amides is 1. The van der Waals surface area contributed by atoms with Crippen LogP contribution in [0.1, 0.15) is 12.8 Å². The summed E-state index contributed by atoms with van der Waals surface area (Å²) < 4.78 is 0. The van der Waals surface area contributed by atoms with Gasteiger partial charge in [-0.25, -0.2) is 0 Å². The van der Waals surface area contributed by atoms with Crippen molar-refractivity contribution in [3.05, 3.63) is 29.3 Å². The number of nitrogens with zero attached hydrogens (tertiary/aromatic N) is 1. The summed E-state index contributed by atoms with van der Waals surface area (Å²) in [5.41, 5.74) is 5.79. The van der Waals surface area contributed by atoms with E-state index in [1.807, 2.05) is 29.2 Å². The molecule has 0 radical (unpaired) electrons. The van der Waals surface area contributed by atoms with Gasteiger partial charge in [-0.2, -0.15) is 0 Å². The lowest BCUT2D eigenvalue weighted by molar-refractivity contribution is -0.129. The first-order chi connectivity index (χ1) is 8.65. The second kappa shape index (κ2) is 8.00. The third-order valence-electron chi connectivity index (χ3n) is 2.98. The van der Waals surface area contributed by atoms with Gasteiger partial charge in [0.2, 0.25) is 5.91 Å². The van der Waals surface area contributed by atoms with Gasteiger partial charge >= 0.3 is 0 Å². The summed E-state index contributed by atoms with van der Waals surface area (Å²) in [6, 6.07) is 7.85. The van der Waals surface area contributed by atoms with Crippen LogP contribution in [0, 0.1) is 0 Å². The lowest BCUT2D eigenvalue weighted by atomic mass is 10.3. The minimum absolute atomic E-state index is 0. The van der Waals surface area contributed by atoms with E-state index < -0.39 is 0 Å². The summed E-state index contributed by atoms with van der Waals surface area (Å²) >= 11 is 7.49. The van der Waals surface area contributed by atoms with Gasteiger partial charge in [-0.05, 0) is 30.7 Å². The van der Waals surface area contributed by atoms with Gasteiger partial charge in [0.05, 0.1) is 0 Å². The summed E-state index contributed by atoms with van der Waals surface area (Å²) in [5, 5.41) is 0.737. The monoisotopic (exact) mass is 320 g/mol. The predicted octanol–water partition coefficient (Wildman–Crippen LogP) is 2.80. The summed E-state index contributed by atoms with van der Waals surface area (Å²) in [5.74, 6) is 1.01. The quantitative estimate of drug-likeness (QED) is 0.868. The number of hydrogen-bond donors (Lipinski definition) is 1. The van der Waals surface area contributed by atoms with Crippen molar-refractivity contribution >= 4 is 41.7 Å². The summed E-state index contributed by atoms with van der Waals surface area (Å²) in [7, 11) is 0. The molecule has 1 atom stereocenters. The van der Waals surface area contributed by atoms with E-state index in [1.54, 1.807) is 11.8 Å². The lowest BCUT2D eigenvalue weighted by Gasteiger charge is -2.15. The molecule has 1 fully saturated rings. The predicted molar refractivity (Wildman–Crippen MR) is 83.2 cm³/mol. The maximum Gasteiger partial charge on any atom is 0.223 e. The number of hydrogen-bond acceptors (Lipinski definition) is 3. The molecule has 1 aliphatic rings. The highest BCUT2D eigenvalue weighted by molar-refractivity contribution is 7.99. The van der Waals surface area contributed by atoms with Crippen LogP contribution < -0.4 is 5.73 Å². The van der Waals surface area contributed by atoms with Crippen molar-refractivity contribution in [2.24, 2.45) is 5.73 Å². The van der Waals surface area contributed by atoms with Crippen LogP contribution in [0.4, 0.5) is 0 Å². The Bertz CT molecular complexity index is 414. The Hall–Kier alpha value is -0.420. The molecule has 0 saturated carbocycles. The maximum atomic E-state index is 11.9. The Morgan fingerprint density at radius 1 is 1.42 bits per heavy atom. The zero-order valence-corrected chi connectivity index (χ0v) is 12.9. The van der Waals surface area contributed by atoms with E-state index in [9.17, 15) is 4.79 Å². The molecule has 1 saturated heterocycles. The van der Waals surface area contributed by atoms with E-state index in [2.05, 4.69) is 0 Å². The van der Waals surface area contributed by atoms with E-state index in [0.29, 0.717) is 13.0 Å². The van der Waals surface area contributed by atoms with Crippen LogP contribution in [0.25, 0.3) is 0 Å². The van der Waals surface area contributed by atoms with Gasteiger partial charge in [-0.3, -0.25) is 4.79 Å². The first-order valence-electron chi connectivity index (χ1n) is 6.07. The fourth-order valence-corrected chi connectivity index (χ4v) is 2.93. The first-order valence-corrected chi connectivity index (χ1v) is 7.43. The number of halogens is 2. The topological polar surface area (TPSA) is 46.3 Å². The summed E-state index contributed by atoms with van der Waals surface area (Å²) in [6.45, 7) is 1.52. The molecule has 106 valence electrons. The maximum absolute atomic E-state index is 11.9. The first kappa shape index (κ1) is 16.6. The molecule has 1 amide bonds. The van der Waals surface area contributed by atoms with Crippen LogP contribution in [0.3, 0.4) is 0 Å². The Kier molecular flexibility index (Phi) is 7.00. The zero-order chi connectivity index (χ0) is 13.0. The Morgan fingerprint density at radius 2 is 2.11 bits per heavy atom. The number of carbonyl (C=O) groups is 1. The molecule has 1 aliphatic heterocycles. The smallest absolute Gasteiger partial charge is 0.223 e. The molecule has 0 bridgehead atoms. The molecule has 2 rings (SSSR count). The molecule has 1 heterocycles.